The number of aromatic nitrogens is 1. The van der Waals surface area contributed by atoms with Gasteiger partial charge in [-0.25, -0.2) is 0 Å². The first-order chi connectivity index (χ1) is 9.61. The molecular weight excluding hydrogens is 278 g/mol. The lowest BCUT2D eigenvalue weighted by Gasteiger charge is -2.06. The highest BCUT2D eigenvalue weighted by molar-refractivity contribution is 6.30. The molecule has 0 fully saturated rings. The van der Waals surface area contributed by atoms with Crippen molar-refractivity contribution in [3.63, 3.8) is 0 Å². The van der Waals surface area contributed by atoms with Crippen LogP contribution in [0.25, 0.3) is 0 Å². The van der Waals surface area contributed by atoms with Crippen molar-refractivity contribution in [1.82, 2.24) is 5.16 Å². The Kier molecular flexibility index (Phi) is 4.41. The first kappa shape index (κ1) is 14.1. The average Bonchev–Trinajstić information content (AvgIpc) is 2.85. The van der Waals surface area contributed by atoms with Gasteiger partial charge in [0.1, 0.15) is 0 Å². The second kappa shape index (κ2) is 6.24. The molecule has 1 amide bonds. The number of amides is 1. The van der Waals surface area contributed by atoms with Gasteiger partial charge in [0.15, 0.2) is 0 Å². The third kappa shape index (κ3) is 3.18. The summed E-state index contributed by atoms with van der Waals surface area (Å²) in [5.41, 5.74) is 7.13. The van der Waals surface area contributed by atoms with Gasteiger partial charge in [0, 0.05) is 16.1 Å². The first-order valence-corrected chi connectivity index (χ1v) is 6.20. The Hall–Kier alpha value is -2.29. The number of nitrogens with zero attached hydrogens (tertiary/aromatic N) is 1. The van der Waals surface area contributed by atoms with Crippen LogP contribution in [0.15, 0.2) is 28.9 Å². The van der Waals surface area contributed by atoms with Gasteiger partial charge in [-0.1, -0.05) is 28.6 Å². The van der Waals surface area contributed by atoms with E-state index in [0.29, 0.717) is 21.8 Å². The van der Waals surface area contributed by atoms with E-state index >= 15 is 0 Å². The highest BCUT2D eigenvalue weighted by Crippen LogP contribution is 2.21. The maximum atomic E-state index is 12.1. The minimum absolute atomic E-state index is 0.165. The number of nitrogens with two attached hydrogens (primary N) is 1. The molecule has 0 saturated carbocycles. The van der Waals surface area contributed by atoms with Crippen LogP contribution >= 0.6 is 11.6 Å². The molecule has 102 valence electrons. The van der Waals surface area contributed by atoms with Crippen molar-refractivity contribution in [2.75, 3.05) is 11.9 Å². The standard InChI is InChI=1S/C14H12ClN3O2/c1-9-8-17-20-13(9)14(19)18-12-5-4-11(15)7-10(12)3-2-6-16/h4-5,7-8H,6,16H2,1H3,(H,18,19). The van der Waals surface area contributed by atoms with Crippen LogP contribution in [-0.2, 0) is 0 Å². The van der Waals surface area contributed by atoms with Gasteiger partial charge in [-0.05, 0) is 25.1 Å². The molecule has 1 aromatic heterocycles. The van der Waals surface area contributed by atoms with E-state index in [1.54, 1.807) is 25.1 Å². The van der Waals surface area contributed by atoms with Crippen LogP contribution in [0, 0.1) is 18.8 Å². The summed E-state index contributed by atoms with van der Waals surface area (Å²) in [5, 5.41) is 6.81. The molecule has 3 N–H and O–H groups in total. The molecule has 1 heterocycles. The summed E-state index contributed by atoms with van der Waals surface area (Å²) in [6.45, 7) is 1.96. The summed E-state index contributed by atoms with van der Waals surface area (Å²) in [7, 11) is 0. The van der Waals surface area contributed by atoms with Gasteiger partial charge in [-0.2, -0.15) is 0 Å². The molecule has 6 heteroatoms. The molecule has 0 aliphatic rings. The van der Waals surface area contributed by atoms with Crippen molar-refractivity contribution in [3.05, 3.63) is 46.3 Å². The highest BCUT2D eigenvalue weighted by Gasteiger charge is 2.15. The molecule has 0 aliphatic heterocycles. The fraction of sp³-hybridized carbons (Fsp3) is 0.143. The Balaban J connectivity index is 2.29. The molecule has 0 spiro atoms. The van der Waals surface area contributed by atoms with Gasteiger partial charge in [0.25, 0.3) is 5.91 Å². The lowest BCUT2D eigenvalue weighted by molar-refractivity contribution is 0.0987. The summed E-state index contributed by atoms with van der Waals surface area (Å²) in [6.07, 6.45) is 1.48. The van der Waals surface area contributed by atoms with Crippen LogP contribution < -0.4 is 11.1 Å². The number of halogens is 1. The van der Waals surface area contributed by atoms with E-state index in [-0.39, 0.29) is 12.3 Å². The number of carbonyl (C=O) groups excluding carboxylic acids is 1. The second-order valence-electron chi connectivity index (χ2n) is 3.99. The van der Waals surface area contributed by atoms with Gasteiger partial charge in [-0.3, -0.25) is 4.79 Å². The average molecular weight is 290 g/mol. The first-order valence-electron chi connectivity index (χ1n) is 5.83. The fourth-order valence-electron chi connectivity index (χ4n) is 1.56. The predicted molar refractivity (Wildman–Crippen MR) is 76.6 cm³/mol. The van der Waals surface area contributed by atoms with Crippen molar-refractivity contribution in [2.45, 2.75) is 6.92 Å². The van der Waals surface area contributed by atoms with Crippen LogP contribution in [0.5, 0.6) is 0 Å². The Bertz CT molecular complexity index is 698. The highest BCUT2D eigenvalue weighted by atomic mass is 35.5. The van der Waals surface area contributed by atoms with Crippen molar-refractivity contribution in [3.8, 4) is 11.8 Å². The van der Waals surface area contributed by atoms with E-state index < -0.39 is 5.91 Å². The number of anilines is 1. The zero-order valence-corrected chi connectivity index (χ0v) is 11.5. The molecule has 0 radical (unpaired) electrons. The third-order valence-electron chi connectivity index (χ3n) is 2.51. The van der Waals surface area contributed by atoms with Gasteiger partial charge < -0.3 is 15.6 Å². The summed E-state index contributed by atoms with van der Waals surface area (Å²) in [5.74, 6) is 5.36. The molecule has 20 heavy (non-hydrogen) atoms. The van der Waals surface area contributed by atoms with Crippen LogP contribution in [0.3, 0.4) is 0 Å². The quantitative estimate of drug-likeness (QED) is 0.831. The number of hydrogen-bond acceptors (Lipinski definition) is 4. The van der Waals surface area contributed by atoms with Crippen molar-refractivity contribution in [1.29, 1.82) is 0 Å². The van der Waals surface area contributed by atoms with Crippen LogP contribution in [0.1, 0.15) is 21.7 Å². The SMILES string of the molecule is Cc1cnoc1C(=O)Nc1ccc(Cl)cc1C#CCN. The van der Waals surface area contributed by atoms with Gasteiger partial charge >= 0.3 is 0 Å². The molecule has 0 bridgehead atoms. The number of carbonyl (C=O) groups is 1. The number of rotatable bonds is 2. The van der Waals surface area contributed by atoms with E-state index in [0.717, 1.165) is 0 Å². The van der Waals surface area contributed by atoms with E-state index in [2.05, 4.69) is 22.3 Å². The van der Waals surface area contributed by atoms with Gasteiger partial charge in [0.05, 0.1) is 18.4 Å². The number of aryl methyl sites for hydroxylation is 1. The third-order valence-corrected chi connectivity index (χ3v) is 2.74. The van der Waals surface area contributed by atoms with E-state index in [9.17, 15) is 4.79 Å². The van der Waals surface area contributed by atoms with Gasteiger partial charge in [0.2, 0.25) is 5.76 Å². The van der Waals surface area contributed by atoms with Crippen molar-refractivity contribution < 1.29 is 9.32 Å². The second-order valence-corrected chi connectivity index (χ2v) is 4.42. The van der Waals surface area contributed by atoms with Crippen LogP contribution in [0.2, 0.25) is 5.02 Å². The predicted octanol–water partition coefficient (Wildman–Crippen LogP) is 2.20. The largest absolute Gasteiger partial charge is 0.351 e. The Morgan fingerprint density at radius 2 is 2.35 bits per heavy atom. The lowest BCUT2D eigenvalue weighted by Crippen LogP contribution is -2.13. The molecule has 5 nitrogen and oxygen atoms in total. The topological polar surface area (TPSA) is 81.2 Å². The summed E-state index contributed by atoms with van der Waals surface area (Å²) >= 11 is 5.92. The van der Waals surface area contributed by atoms with E-state index in [1.807, 2.05) is 0 Å². The van der Waals surface area contributed by atoms with Crippen molar-refractivity contribution >= 4 is 23.2 Å². The molecule has 1 aromatic carbocycles. The maximum absolute atomic E-state index is 12.1. The van der Waals surface area contributed by atoms with E-state index in [1.165, 1.54) is 6.20 Å². The zero-order chi connectivity index (χ0) is 14.5. The number of nitrogens with one attached hydrogen (secondary N) is 1. The zero-order valence-electron chi connectivity index (χ0n) is 10.7. The van der Waals surface area contributed by atoms with Crippen LogP contribution in [0.4, 0.5) is 5.69 Å². The molecule has 2 rings (SSSR count). The Morgan fingerprint density at radius 1 is 1.55 bits per heavy atom. The minimum atomic E-state index is -0.391. The smallest absolute Gasteiger partial charge is 0.294 e. The minimum Gasteiger partial charge on any atom is -0.351 e. The Labute approximate surface area is 121 Å². The monoisotopic (exact) mass is 289 g/mol. The molecule has 0 unspecified atom stereocenters. The summed E-state index contributed by atoms with van der Waals surface area (Å²) < 4.78 is 4.90. The fourth-order valence-corrected chi connectivity index (χ4v) is 1.74. The molecule has 2 aromatic rings. The number of hydrogen-bond donors (Lipinski definition) is 2. The Morgan fingerprint density at radius 3 is 3.00 bits per heavy atom. The normalized spacial score (nSPS) is 9.75. The van der Waals surface area contributed by atoms with E-state index in [4.69, 9.17) is 21.9 Å². The summed E-state index contributed by atoms with van der Waals surface area (Å²) in [6, 6.07) is 5.00. The molecule has 0 saturated heterocycles. The van der Waals surface area contributed by atoms with Gasteiger partial charge in [-0.15, -0.1) is 0 Å². The maximum Gasteiger partial charge on any atom is 0.294 e. The van der Waals surface area contributed by atoms with Crippen molar-refractivity contribution in [2.24, 2.45) is 5.73 Å². The molecule has 0 atom stereocenters. The summed E-state index contributed by atoms with van der Waals surface area (Å²) in [4.78, 5) is 12.1. The van der Waals surface area contributed by atoms with Crippen LogP contribution in [-0.4, -0.2) is 17.6 Å². The number of benzene rings is 1. The molecule has 0 aliphatic carbocycles. The lowest BCUT2D eigenvalue weighted by atomic mass is 10.1. The molecular formula is C14H12ClN3O2.